The van der Waals surface area contributed by atoms with Gasteiger partial charge in [0.25, 0.3) is 5.95 Å². The molecule has 21 heavy (non-hydrogen) atoms. The summed E-state index contributed by atoms with van der Waals surface area (Å²) >= 11 is 1.68. The number of hydrazine groups is 1. The molecular weight excluding hydrogens is 290 g/mol. The van der Waals surface area contributed by atoms with E-state index < -0.39 is 0 Å². The van der Waals surface area contributed by atoms with Crippen molar-refractivity contribution in [2.45, 2.75) is 6.54 Å². The molecule has 3 aromatic rings. The SMILES string of the molecule is CN(Cc1cccs1)c1nc(NN)nc(-n2cncn2)n1. The van der Waals surface area contributed by atoms with Crippen LogP contribution in [0.3, 0.4) is 0 Å². The van der Waals surface area contributed by atoms with Crippen LogP contribution in [0.5, 0.6) is 0 Å². The highest BCUT2D eigenvalue weighted by atomic mass is 32.1. The first-order valence-electron chi connectivity index (χ1n) is 6.07. The number of nitrogen functional groups attached to an aromatic ring is 1. The number of aromatic nitrogens is 6. The van der Waals surface area contributed by atoms with Gasteiger partial charge in [0, 0.05) is 11.9 Å². The Kier molecular flexibility index (Phi) is 3.71. The predicted molar refractivity (Wildman–Crippen MR) is 79.0 cm³/mol. The Hall–Kier alpha value is -2.59. The minimum Gasteiger partial charge on any atom is -0.339 e. The van der Waals surface area contributed by atoms with Crippen LogP contribution >= 0.6 is 11.3 Å². The number of nitrogens with two attached hydrogens (primary N) is 1. The van der Waals surface area contributed by atoms with Gasteiger partial charge < -0.3 is 4.90 Å². The average molecular weight is 303 g/mol. The Morgan fingerprint density at radius 2 is 2.29 bits per heavy atom. The highest BCUT2D eigenvalue weighted by Crippen LogP contribution is 2.16. The normalized spacial score (nSPS) is 10.6. The Balaban J connectivity index is 1.92. The number of nitrogens with one attached hydrogen (secondary N) is 1. The lowest BCUT2D eigenvalue weighted by atomic mass is 10.4. The first-order valence-corrected chi connectivity index (χ1v) is 6.95. The van der Waals surface area contributed by atoms with Crippen LogP contribution in [0.25, 0.3) is 5.95 Å². The first kappa shape index (κ1) is 13.4. The van der Waals surface area contributed by atoms with Gasteiger partial charge in [-0.25, -0.2) is 10.8 Å². The highest BCUT2D eigenvalue weighted by molar-refractivity contribution is 7.09. The summed E-state index contributed by atoms with van der Waals surface area (Å²) < 4.78 is 1.45. The van der Waals surface area contributed by atoms with Gasteiger partial charge in [-0.3, -0.25) is 5.43 Å². The topological polar surface area (TPSA) is 111 Å². The standard InChI is InChI=1S/C11H13N9S/c1-19(5-8-3-2-4-21-8)10-15-9(18-12)16-11(17-10)20-7-13-6-14-20/h2-4,6-7H,5,12H2,1H3,(H,15,16,17,18). The molecule has 0 atom stereocenters. The van der Waals surface area contributed by atoms with Crippen LogP contribution in [0.4, 0.5) is 11.9 Å². The second-order valence-electron chi connectivity index (χ2n) is 4.18. The number of rotatable bonds is 5. The Bertz CT molecular complexity index is 695. The first-order chi connectivity index (χ1) is 10.3. The predicted octanol–water partition coefficient (Wildman–Crippen LogP) is 0.436. The van der Waals surface area contributed by atoms with Crippen LogP contribution < -0.4 is 16.2 Å². The zero-order valence-electron chi connectivity index (χ0n) is 11.2. The fourth-order valence-electron chi connectivity index (χ4n) is 1.71. The zero-order valence-corrected chi connectivity index (χ0v) is 12.0. The van der Waals surface area contributed by atoms with Crippen LogP contribution in [0.15, 0.2) is 30.2 Å². The van der Waals surface area contributed by atoms with Gasteiger partial charge in [-0.1, -0.05) is 6.07 Å². The van der Waals surface area contributed by atoms with Crippen LogP contribution in [0, 0.1) is 0 Å². The second kappa shape index (κ2) is 5.81. The molecule has 3 aromatic heterocycles. The van der Waals surface area contributed by atoms with E-state index in [1.165, 1.54) is 22.2 Å². The van der Waals surface area contributed by atoms with Gasteiger partial charge in [0.2, 0.25) is 11.9 Å². The van der Waals surface area contributed by atoms with E-state index in [2.05, 4.69) is 36.5 Å². The van der Waals surface area contributed by atoms with E-state index in [0.29, 0.717) is 18.4 Å². The second-order valence-corrected chi connectivity index (χ2v) is 5.21. The zero-order chi connectivity index (χ0) is 14.7. The summed E-state index contributed by atoms with van der Waals surface area (Å²) in [4.78, 5) is 19.8. The summed E-state index contributed by atoms with van der Waals surface area (Å²) in [5.41, 5.74) is 2.44. The maximum atomic E-state index is 5.41. The van der Waals surface area contributed by atoms with Crippen LogP contribution in [-0.4, -0.2) is 36.8 Å². The lowest BCUT2D eigenvalue weighted by Gasteiger charge is -2.17. The molecule has 0 radical (unpaired) electrons. The smallest absolute Gasteiger partial charge is 0.258 e. The van der Waals surface area contributed by atoms with Crippen molar-refractivity contribution in [1.82, 2.24) is 29.7 Å². The summed E-state index contributed by atoms with van der Waals surface area (Å²) in [5.74, 6) is 6.53. The van der Waals surface area contributed by atoms with Gasteiger partial charge in [0.1, 0.15) is 12.7 Å². The molecule has 0 aliphatic rings. The number of hydrogen-bond acceptors (Lipinski definition) is 9. The largest absolute Gasteiger partial charge is 0.339 e. The molecule has 10 heteroatoms. The van der Waals surface area contributed by atoms with E-state index in [4.69, 9.17) is 5.84 Å². The molecule has 0 aliphatic carbocycles. The van der Waals surface area contributed by atoms with Crippen molar-refractivity contribution in [3.8, 4) is 5.95 Å². The summed E-state index contributed by atoms with van der Waals surface area (Å²) in [6.07, 6.45) is 2.92. The molecule has 0 amide bonds. The highest BCUT2D eigenvalue weighted by Gasteiger charge is 2.12. The third kappa shape index (κ3) is 2.95. The van der Waals surface area contributed by atoms with Gasteiger partial charge in [-0.05, 0) is 11.4 Å². The molecule has 0 fully saturated rings. The summed E-state index contributed by atoms with van der Waals surface area (Å²) in [6.45, 7) is 0.697. The molecule has 3 N–H and O–H groups in total. The molecule has 0 saturated heterocycles. The number of thiophene rings is 1. The summed E-state index contributed by atoms with van der Waals surface area (Å²) in [5, 5.41) is 6.04. The van der Waals surface area contributed by atoms with Crippen molar-refractivity contribution in [3.63, 3.8) is 0 Å². The van der Waals surface area contributed by atoms with Gasteiger partial charge in [0.15, 0.2) is 0 Å². The van der Waals surface area contributed by atoms with Crippen molar-refractivity contribution in [2.24, 2.45) is 5.84 Å². The molecule has 0 spiro atoms. The molecule has 0 aromatic carbocycles. The van der Waals surface area contributed by atoms with E-state index in [9.17, 15) is 0 Å². The number of nitrogens with zero attached hydrogens (tertiary/aromatic N) is 7. The Labute approximate surface area is 124 Å². The Morgan fingerprint density at radius 1 is 1.38 bits per heavy atom. The lowest BCUT2D eigenvalue weighted by Crippen LogP contribution is -2.22. The van der Waals surface area contributed by atoms with Gasteiger partial charge in [0.05, 0.1) is 6.54 Å². The third-order valence-electron chi connectivity index (χ3n) is 2.68. The van der Waals surface area contributed by atoms with Crippen molar-refractivity contribution < 1.29 is 0 Å². The molecule has 9 nitrogen and oxygen atoms in total. The number of hydrogen-bond donors (Lipinski definition) is 2. The molecule has 108 valence electrons. The van der Waals surface area contributed by atoms with E-state index >= 15 is 0 Å². The van der Waals surface area contributed by atoms with Crippen LogP contribution in [-0.2, 0) is 6.54 Å². The van der Waals surface area contributed by atoms with Crippen molar-refractivity contribution in [2.75, 3.05) is 17.4 Å². The molecule has 0 saturated carbocycles. The maximum Gasteiger partial charge on any atom is 0.258 e. The Morgan fingerprint density at radius 3 is 2.95 bits per heavy atom. The molecule has 3 rings (SSSR count). The average Bonchev–Trinajstić information content (AvgIpc) is 3.20. The minimum absolute atomic E-state index is 0.267. The van der Waals surface area contributed by atoms with E-state index in [1.807, 2.05) is 23.4 Å². The van der Waals surface area contributed by atoms with Gasteiger partial charge in [-0.15, -0.1) is 11.3 Å². The van der Waals surface area contributed by atoms with Crippen molar-refractivity contribution in [1.29, 1.82) is 0 Å². The summed E-state index contributed by atoms with van der Waals surface area (Å²) in [6, 6.07) is 4.07. The molecule has 0 aliphatic heterocycles. The summed E-state index contributed by atoms with van der Waals surface area (Å²) in [7, 11) is 1.90. The fourth-order valence-corrected chi connectivity index (χ4v) is 2.47. The van der Waals surface area contributed by atoms with E-state index in [1.54, 1.807) is 11.3 Å². The van der Waals surface area contributed by atoms with E-state index in [-0.39, 0.29) is 5.95 Å². The van der Waals surface area contributed by atoms with E-state index in [0.717, 1.165) is 0 Å². The monoisotopic (exact) mass is 303 g/mol. The van der Waals surface area contributed by atoms with Gasteiger partial charge in [-0.2, -0.15) is 24.7 Å². The molecular formula is C11H13N9S. The molecule has 3 heterocycles. The quantitative estimate of drug-likeness (QED) is 0.516. The fraction of sp³-hybridized carbons (Fsp3) is 0.182. The molecule has 0 bridgehead atoms. The third-order valence-corrected chi connectivity index (χ3v) is 3.54. The lowest BCUT2D eigenvalue weighted by molar-refractivity contribution is 0.775. The van der Waals surface area contributed by atoms with Crippen molar-refractivity contribution >= 4 is 23.2 Å². The molecule has 0 unspecified atom stereocenters. The van der Waals surface area contributed by atoms with Gasteiger partial charge >= 0.3 is 0 Å². The van der Waals surface area contributed by atoms with Crippen molar-refractivity contribution in [3.05, 3.63) is 35.0 Å². The minimum atomic E-state index is 0.267. The maximum absolute atomic E-state index is 5.41. The number of anilines is 2. The van der Waals surface area contributed by atoms with Crippen LogP contribution in [0.1, 0.15) is 4.88 Å². The van der Waals surface area contributed by atoms with Crippen LogP contribution in [0.2, 0.25) is 0 Å².